The van der Waals surface area contributed by atoms with Gasteiger partial charge in [-0.25, -0.2) is 0 Å². The van der Waals surface area contributed by atoms with Crippen LogP contribution in [0.15, 0.2) is 0 Å². The first-order valence-corrected chi connectivity index (χ1v) is 4.65. The Kier molecular flexibility index (Phi) is 2.26. The standard InChI is InChI=1S/C10H21NO/c1-9(2,3)12-6-7-8(11)10(7,4)5/h7-8H,6,11H2,1-5H3. The number of hydrogen-bond acceptors (Lipinski definition) is 2. The van der Waals surface area contributed by atoms with Gasteiger partial charge < -0.3 is 10.5 Å². The Hall–Kier alpha value is -0.0800. The molecule has 0 bridgehead atoms. The summed E-state index contributed by atoms with van der Waals surface area (Å²) in [4.78, 5) is 0. The van der Waals surface area contributed by atoms with E-state index in [9.17, 15) is 0 Å². The molecule has 2 unspecified atom stereocenters. The second-order valence-electron chi connectivity index (χ2n) is 5.38. The van der Waals surface area contributed by atoms with Crippen LogP contribution in [0.2, 0.25) is 0 Å². The first-order chi connectivity index (χ1) is 5.25. The fourth-order valence-corrected chi connectivity index (χ4v) is 1.44. The van der Waals surface area contributed by atoms with E-state index >= 15 is 0 Å². The van der Waals surface area contributed by atoms with Gasteiger partial charge in [-0.1, -0.05) is 13.8 Å². The number of nitrogens with two attached hydrogens (primary N) is 1. The lowest BCUT2D eigenvalue weighted by atomic mass is 10.1. The van der Waals surface area contributed by atoms with Crippen LogP contribution in [-0.2, 0) is 4.74 Å². The lowest BCUT2D eigenvalue weighted by molar-refractivity contribution is -0.0129. The van der Waals surface area contributed by atoms with Crippen LogP contribution in [-0.4, -0.2) is 18.2 Å². The van der Waals surface area contributed by atoms with E-state index in [-0.39, 0.29) is 5.60 Å². The highest BCUT2D eigenvalue weighted by atomic mass is 16.5. The van der Waals surface area contributed by atoms with Crippen molar-refractivity contribution in [3.8, 4) is 0 Å². The van der Waals surface area contributed by atoms with E-state index in [1.54, 1.807) is 0 Å². The Bertz CT molecular complexity index is 169. The summed E-state index contributed by atoms with van der Waals surface area (Å²) in [6.45, 7) is 11.4. The Morgan fingerprint density at radius 1 is 1.33 bits per heavy atom. The third-order valence-corrected chi connectivity index (χ3v) is 2.84. The fourth-order valence-electron chi connectivity index (χ4n) is 1.44. The summed E-state index contributed by atoms with van der Waals surface area (Å²) in [6.07, 6.45) is 0. The molecule has 2 N–H and O–H groups in total. The van der Waals surface area contributed by atoms with E-state index in [0.29, 0.717) is 17.4 Å². The van der Waals surface area contributed by atoms with Crippen LogP contribution in [0.5, 0.6) is 0 Å². The summed E-state index contributed by atoms with van der Waals surface area (Å²) in [5.74, 6) is 0.553. The second-order valence-corrected chi connectivity index (χ2v) is 5.38. The molecule has 2 nitrogen and oxygen atoms in total. The third-order valence-electron chi connectivity index (χ3n) is 2.84. The van der Waals surface area contributed by atoms with Crippen molar-refractivity contribution in [2.45, 2.75) is 46.3 Å². The summed E-state index contributed by atoms with van der Waals surface area (Å²) >= 11 is 0. The quantitative estimate of drug-likeness (QED) is 0.687. The van der Waals surface area contributed by atoms with Crippen LogP contribution in [0.3, 0.4) is 0 Å². The zero-order chi connectivity index (χ0) is 9.57. The Labute approximate surface area is 75.5 Å². The SMILES string of the molecule is CC(C)(C)OCC1C(N)C1(C)C. The molecule has 1 aliphatic rings. The van der Waals surface area contributed by atoms with E-state index < -0.39 is 0 Å². The largest absolute Gasteiger partial charge is 0.375 e. The van der Waals surface area contributed by atoms with Crippen molar-refractivity contribution in [3.05, 3.63) is 0 Å². The van der Waals surface area contributed by atoms with Crippen molar-refractivity contribution in [1.29, 1.82) is 0 Å². The van der Waals surface area contributed by atoms with Crippen molar-refractivity contribution in [3.63, 3.8) is 0 Å². The molecule has 0 aromatic heterocycles. The van der Waals surface area contributed by atoms with E-state index in [2.05, 4.69) is 34.6 Å². The van der Waals surface area contributed by atoms with Crippen LogP contribution in [0.25, 0.3) is 0 Å². The molecule has 1 saturated carbocycles. The molecule has 1 fully saturated rings. The lowest BCUT2D eigenvalue weighted by Gasteiger charge is -2.19. The minimum absolute atomic E-state index is 0.0294. The highest BCUT2D eigenvalue weighted by molar-refractivity contribution is 5.08. The molecular weight excluding hydrogens is 150 g/mol. The van der Waals surface area contributed by atoms with Crippen molar-refractivity contribution < 1.29 is 4.74 Å². The minimum atomic E-state index is -0.0294. The highest BCUT2D eigenvalue weighted by Gasteiger charge is 2.55. The molecule has 1 aliphatic carbocycles. The van der Waals surface area contributed by atoms with Gasteiger partial charge in [-0.2, -0.15) is 0 Å². The zero-order valence-electron chi connectivity index (χ0n) is 8.85. The summed E-state index contributed by atoms with van der Waals surface area (Å²) in [5, 5.41) is 0. The normalized spacial score (nSPS) is 33.5. The van der Waals surface area contributed by atoms with E-state index in [1.807, 2.05) is 0 Å². The molecule has 0 saturated heterocycles. The highest BCUT2D eigenvalue weighted by Crippen LogP contribution is 2.50. The summed E-state index contributed by atoms with van der Waals surface area (Å²) in [5.41, 5.74) is 6.16. The first-order valence-electron chi connectivity index (χ1n) is 4.65. The number of rotatable bonds is 2. The molecule has 0 spiro atoms. The molecule has 2 atom stereocenters. The molecule has 0 aromatic carbocycles. The first kappa shape index (κ1) is 10.0. The van der Waals surface area contributed by atoms with Crippen LogP contribution >= 0.6 is 0 Å². The predicted molar refractivity (Wildman–Crippen MR) is 51.0 cm³/mol. The molecular formula is C10H21NO. The Morgan fingerprint density at radius 3 is 2.00 bits per heavy atom. The van der Waals surface area contributed by atoms with Gasteiger partial charge in [0.2, 0.25) is 0 Å². The van der Waals surface area contributed by atoms with Crippen LogP contribution in [0.1, 0.15) is 34.6 Å². The van der Waals surface area contributed by atoms with Gasteiger partial charge in [-0.3, -0.25) is 0 Å². The van der Waals surface area contributed by atoms with Gasteiger partial charge in [-0.05, 0) is 26.2 Å². The van der Waals surface area contributed by atoms with E-state index in [4.69, 9.17) is 10.5 Å². The molecule has 0 radical (unpaired) electrons. The topological polar surface area (TPSA) is 35.2 Å². The second kappa shape index (κ2) is 2.71. The van der Waals surface area contributed by atoms with Gasteiger partial charge in [0.1, 0.15) is 0 Å². The molecule has 0 heterocycles. The third kappa shape index (κ3) is 1.99. The number of ether oxygens (including phenoxy) is 1. The van der Waals surface area contributed by atoms with Crippen LogP contribution < -0.4 is 5.73 Å². The van der Waals surface area contributed by atoms with Gasteiger partial charge >= 0.3 is 0 Å². The van der Waals surface area contributed by atoms with Crippen LogP contribution in [0.4, 0.5) is 0 Å². The van der Waals surface area contributed by atoms with Gasteiger partial charge in [0.05, 0.1) is 12.2 Å². The monoisotopic (exact) mass is 171 g/mol. The van der Waals surface area contributed by atoms with Gasteiger partial charge in [0.25, 0.3) is 0 Å². The molecule has 2 heteroatoms. The number of hydrogen-bond donors (Lipinski definition) is 1. The van der Waals surface area contributed by atoms with Gasteiger partial charge in [0.15, 0.2) is 0 Å². The maximum absolute atomic E-state index is 5.89. The van der Waals surface area contributed by atoms with Gasteiger partial charge in [-0.15, -0.1) is 0 Å². The fraction of sp³-hybridized carbons (Fsp3) is 1.00. The molecule has 0 amide bonds. The van der Waals surface area contributed by atoms with Gasteiger partial charge in [0, 0.05) is 12.0 Å². The maximum Gasteiger partial charge on any atom is 0.0598 e. The molecule has 1 rings (SSSR count). The predicted octanol–water partition coefficient (Wildman–Crippen LogP) is 1.78. The average Bonchev–Trinajstić information content (AvgIpc) is 2.28. The molecule has 72 valence electrons. The van der Waals surface area contributed by atoms with Crippen molar-refractivity contribution in [2.75, 3.05) is 6.61 Å². The Morgan fingerprint density at radius 2 is 1.75 bits per heavy atom. The minimum Gasteiger partial charge on any atom is -0.375 e. The van der Waals surface area contributed by atoms with Crippen LogP contribution in [0, 0.1) is 11.3 Å². The Balaban J connectivity index is 2.28. The smallest absolute Gasteiger partial charge is 0.0598 e. The lowest BCUT2D eigenvalue weighted by Crippen LogP contribution is -2.21. The molecule has 0 aliphatic heterocycles. The summed E-state index contributed by atoms with van der Waals surface area (Å²) in [7, 11) is 0. The summed E-state index contributed by atoms with van der Waals surface area (Å²) in [6, 6.07) is 0.333. The summed E-state index contributed by atoms with van der Waals surface area (Å²) < 4.78 is 5.68. The average molecular weight is 171 g/mol. The van der Waals surface area contributed by atoms with E-state index in [0.717, 1.165) is 6.61 Å². The maximum atomic E-state index is 5.89. The van der Waals surface area contributed by atoms with E-state index in [1.165, 1.54) is 0 Å². The zero-order valence-corrected chi connectivity index (χ0v) is 8.85. The van der Waals surface area contributed by atoms with Crippen molar-refractivity contribution in [1.82, 2.24) is 0 Å². The van der Waals surface area contributed by atoms with Crippen molar-refractivity contribution >= 4 is 0 Å². The molecule has 12 heavy (non-hydrogen) atoms. The van der Waals surface area contributed by atoms with Crippen molar-refractivity contribution in [2.24, 2.45) is 17.1 Å². The molecule has 0 aromatic rings.